The lowest BCUT2D eigenvalue weighted by atomic mass is 10.2. The number of nitrogens with one attached hydrogen (secondary N) is 1. The molecule has 3 N–H and O–H groups in total. The summed E-state index contributed by atoms with van der Waals surface area (Å²) in [6, 6.07) is 4.97. The van der Waals surface area contributed by atoms with Gasteiger partial charge >= 0.3 is 0 Å². The predicted molar refractivity (Wildman–Crippen MR) is 60.4 cm³/mol. The van der Waals surface area contributed by atoms with Gasteiger partial charge in [-0.2, -0.15) is 10.8 Å². The van der Waals surface area contributed by atoms with E-state index in [0.29, 0.717) is 11.5 Å². The summed E-state index contributed by atoms with van der Waals surface area (Å²) in [5.41, 5.74) is 0.793. The minimum Gasteiger partial charge on any atom is -0.442 e. The fourth-order valence-electron chi connectivity index (χ4n) is 1.11. The van der Waals surface area contributed by atoms with Crippen LogP contribution in [0.4, 0.5) is 0 Å². The maximum absolute atomic E-state index is 9.87. The Morgan fingerprint density at radius 3 is 2.88 bits per heavy atom. The summed E-state index contributed by atoms with van der Waals surface area (Å²) in [6.07, 6.45) is 4.09. The van der Waals surface area contributed by atoms with Crippen molar-refractivity contribution < 1.29 is 9.57 Å². The van der Waals surface area contributed by atoms with Crippen molar-refractivity contribution in [3.05, 3.63) is 34.7 Å². The van der Waals surface area contributed by atoms with E-state index in [1.165, 1.54) is 0 Å². The third-order valence-corrected chi connectivity index (χ3v) is 1.77. The molecule has 6 heteroatoms. The lowest BCUT2D eigenvalue weighted by molar-refractivity contribution is 0.322. The number of ether oxygens (including phenoxy) is 1. The second-order valence-electron chi connectivity index (χ2n) is 2.77. The normalized spacial score (nSPS) is 10.1. The molecule has 0 aliphatic heterocycles. The Hall–Kier alpha value is -2.21. The quantitative estimate of drug-likeness (QED) is 0.330. The Morgan fingerprint density at radius 1 is 1.44 bits per heavy atom. The van der Waals surface area contributed by atoms with E-state index in [1.807, 2.05) is 0 Å². The number of nitrogens with zero attached hydrogens (tertiary/aromatic N) is 1. The van der Waals surface area contributed by atoms with Gasteiger partial charge in [-0.05, 0) is 17.7 Å². The molecule has 0 aliphatic rings. The number of hydrogen-bond acceptors (Lipinski definition) is 6. The first-order valence-electron chi connectivity index (χ1n) is 4.44. The van der Waals surface area contributed by atoms with Crippen LogP contribution in [-0.2, 0) is 0 Å². The van der Waals surface area contributed by atoms with Crippen molar-refractivity contribution in [2.45, 2.75) is 0 Å². The molecule has 6 nitrogen and oxygen atoms in total. The molecule has 0 radical (unpaired) electrons. The second-order valence-corrected chi connectivity index (χ2v) is 2.77. The fraction of sp³-hybridized carbons (Fsp3) is 0.100. The molecule has 1 rings (SSSR count). The standard InChI is InChI=1S/C10H11N3O3/c11-7-15-10-6-8(2-1-5-13-14)3-4-9(10)16-12/h1-4,6-7,11H,5,12H2/b2-1+,11-7?. The van der Waals surface area contributed by atoms with Crippen LogP contribution < -0.4 is 15.5 Å². The molecule has 0 unspecified atom stereocenters. The van der Waals surface area contributed by atoms with Crippen LogP contribution in [0.1, 0.15) is 5.56 Å². The van der Waals surface area contributed by atoms with Gasteiger partial charge in [0.05, 0.1) is 6.54 Å². The molecule has 1 aromatic carbocycles. The van der Waals surface area contributed by atoms with Gasteiger partial charge < -0.3 is 9.57 Å². The number of nitrogens with two attached hydrogens (primary N) is 1. The summed E-state index contributed by atoms with van der Waals surface area (Å²) in [5, 5.41) is 9.53. The van der Waals surface area contributed by atoms with Crippen molar-refractivity contribution in [3.63, 3.8) is 0 Å². The van der Waals surface area contributed by atoms with Gasteiger partial charge in [-0.15, -0.1) is 0 Å². The molecular weight excluding hydrogens is 210 g/mol. The zero-order valence-corrected chi connectivity index (χ0v) is 8.42. The van der Waals surface area contributed by atoms with Crippen molar-refractivity contribution in [3.8, 4) is 11.5 Å². The number of benzene rings is 1. The first kappa shape index (κ1) is 11.9. The summed E-state index contributed by atoms with van der Waals surface area (Å²) in [7, 11) is 0. The molecule has 84 valence electrons. The second kappa shape index (κ2) is 6.31. The highest BCUT2D eigenvalue weighted by atomic mass is 16.6. The van der Waals surface area contributed by atoms with Crippen LogP contribution in [0.25, 0.3) is 6.08 Å². The molecule has 0 spiro atoms. The highest BCUT2D eigenvalue weighted by molar-refractivity contribution is 5.59. The van der Waals surface area contributed by atoms with Crippen molar-refractivity contribution >= 4 is 12.5 Å². The van der Waals surface area contributed by atoms with Gasteiger partial charge in [0.1, 0.15) is 0 Å². The minimum absolute atomic E-state index is 0.107. The van der Waals surface area contributed by atoms with Crippen LogP contribution >= 0.6 is 0 Å². The zero-order valence-electron chi connectivity index (χ0n) is 8.42. The summed E-state index contributed by atoms with van der Waals surface area (Å²) in [5.74, 6) is 5.68. The average Bonchev–Trinajstić information content (AvgIpc) is 2.30. The third-order valence-electron chi connectivity index (χ3n) is 1.77. The molecule has 0 saturated carbocycles. The largest absolute Gasteiger partial charge is 0.442 e. The Bertz CT molecular complexity index is 404. The molecule has 16 heavy (non-hydrogen) atoms. The molecule has 1 aromatic rings. The molecule has 0 heterocycles. The van der Waals surface area contributed by atoms with Crippen LogP contribution in [-0.4, -0.2) is 12.9 Å². The summed E-state index contributed by atoms with van der Waals surface area (Å²) >= 11 is 0. The Kier molecular flexibility index (Phi) is 4.68. The van der Waals surface area contributed by atoms with E-state index in [9.17, 15) is 4.91 Å². The highest BCUT2D eigenvalue weighted by Gasteiger charge is 2.04. The molecule has 0 aromatic heterocycles. The maximum atomic E-state index is 9.87. The van der Waals surface area contributed by atoms with Crippen LogP contribution in [0, 0.1) is 10.3 Å². The first-order valence-corrected chi connectivity index (χ1v) is 4.44. The van der Waals surface area contributed by atoms with Crippen molar-refractivity contribution in [2.75, 3.05) is 6.54 Å². The zero-order chi connectivity index (χ0) is 11.8. The first-order chi connectivity index (χ1) is 7.81. The molecule has 0 fully saturated rings. The van der Waals surface area contributed by atoms with Gasteiger partial charge in [-0.3, -0.25) is 5.41 Å². The topological polar surface area (TPSA) is 97.8 Å². The van der Waals surface area contributed by atoms with E-state index in [4.69, 9.17) is 16.0 Å². The minimum atomic E-state index is 0.107. The van der Waals surface area contributed by atoms with E-state index in [1.54, 1.807) is 30.4 Å². The maximum Gasteiger partial charge on any atom is 0.189 e. The van der Waals surface area contributed by atoms with Gasteiger partial charge in [-0.1, -0.05) is 23.4 Å². The van der Waals surface area contributed by atoms with Gasteiger partial charge in [0.15, 0.2) is 17.9 Å². The Labute approximate surface area is 92.1 Å². The molecule has 0 saturated heterocycles. The van der Waals surface area contributed by atoms with Crippen LogP contribution in [0.5, 0.6) is 11.5 Å². The van der Waals surface area contributed by atoms with E-state index >= 15 is 0 Å². The van der Waals surface area contributed by atoms with Gasteiger partial charge in [0.2, 0.25) is 0 Å². The molecule has 0 amide bonds. The molecule has 0 bridgehead atoms. The summed E-state index contributed by atoms with van der Waals surface area (Å²) in [6.45, 7) is 0.107. The van der Waals surface area contributed by atoms with Crippen molar-refractivity contribution in [1.82, 2.24) is 0 Å². The fourth-order valence-corrected chi connectivity index (χ4v) is 1.11. The monoisotopic (exact) mass is 221 g/mol. The van der Waals surface area contributed by atoms with E-state index in [0.717, 1.165) is 12.0 Å². The molecular formula is C10H11N3O3. The SMILES string of the molecule is N=COc1cc(/C=C/CN=O)ccc1ON. The van der Waals surface area contributed by atoms with Crippen LogP contribution in [0.15, 0.2) is 29.5 Å². The molecule has 0 aliphatic carbocycles. The van der Waals surface area contributed by atoms with Gasteiger partial charge in [-0.25, -0.2) is 0 Å². The summed E-state index contributed by atoms with van der Waals surface area (Å²) in [4.78, 5) is 14.4. The van der Waals surface area contributed by atoms with E-state index in [2.05, 4.69) is 10.0 Å². The van der Waals surface area contributed by atoms with Gasteiger partial charge in [0, 0.05) is 0 Å². The third kappa shape index (κ3) is 3.18. The lowest BCUT2D eigenvalue weighted by Gasteiger charge is -2.06. The van der Waals surface area contributed by atoms with Crippen molar-refractivity contribution in [1.29, 1.82) is 5.41 Å². The number of rotatable bonds is 6. The average molecular weight is 221 g/mol. The number of hydrogen-bond donors (Lipinski definition) is 2. The van der Waals surface area contributed by atoms with E-state index < -0.39 is 0 Å². The Balaban J connectivity index is 2.91. The lowest BCUT2D eigenvalue weighted by Crippen LogP contribution is -2.04. The van der Waals surface area contributed by atoms with Crippen molar-refractivity contribution in [2.24, 2.45) is 11.1 Å². The van der Waals surface area contributed by atoms with Crippen LogP contribution in [0.3, 0.4) is 0 Å². The van der Waals surface area contributed by atoms with Crippen LogP contribution in [0.2, 0.25) is 0 Å². The predicted octanol–water partition coefficient (Wildman–Crippen LogP) is 1.70. The smallest absolute Gasteiger partial charge is 0.189 e. The summed E-state index contributed by atoms with van der Waals surface area (Å²) < 4.78 is 4.89. The van der Waals surface area contributed by atoms with E-state index in [-0.39, 0.29) is 6.54 Å². The Morgan fingerprint density at radius 2 is 2.25 bits per heavy atom. The number of nitroso groups, excluding NO2 is 1. The molecule has 0 atom stereocenters. The van der Waals surface area contributed by atoms with Gasteiger partial charge in [0.25, 0.3) is 0 Å². The highest BCUT2D eigenvalue weighted by Crippen LogP contribution is 2.27.